The fourth-order valence-electron chi connectivity index (χ4n) is 3.04. The highest BCUT2D eigenvalue weighted by atomic mass is 16.5. The van der Waals surface area contributed by atoms with E-state index in [2.05, 4.69) is 15.5 Å². The van der Waals surface area contributed by atoms with Gasteiger partial charge in [0, 0.05) is 18.7 Å². The number of carboxylic acid groups (broad SMARTS) is 1. The lowest BCUT2D eigenvalue weighted by Crippen LogP contribution is -2.48. The summed E-state index contributed by atoms with van der Waals surface area (Å²) in [7, 11) is 1.52. The lowest BCUT2D eigenvalue weighted by molar-refractivity contribution is -0.150. The maximum Gasteiger partial charge on any atom is 0.311 e. The van der Waals surface area contributed by atoms with Crippen LogP contribution in [0.1, 0.15) is 30.1 Å². The highest BCUT2D eigenvalue weighted by Crippen LogP contribution is 2.31. The van der Waals surface area contributed by atoms with E-state index in [1.165, 1.54) is 18.1 Å². The summed E-state index contributed by atoms with van der Waals surface area (Å²) in [6.45, 7) is 2.40. The van der Waals surface area contributed by atoms with Gasteiger partial charge in [0.25, 0.3) is 5.91 Å². The van der Waals surface area contributed by atoms with Crippen LogP contribution >= 0.6 is 0 Å². The minimum atomic E-state index is -0.918. The number of ether oxygens (including phenoxy) is 1. The van der Waals surface area contributed by atoms with Gasteiger partial charge in [0.05, 0.1) is 12.5 Å². The van der Waals surface area contributed by atoms with Gasteiger partial charge in [0.15, 0.2) is 0 Å². The monoisotopic (exact) mass is 345 g/mol. The summed E-state index contributed by atoms with van der Waals surface area (Å²) in [6, 6.07) is 4.97. The summed E-state index contributed by atoms with van der Waals surface area (Å²) < 4.78 is 6.70. The number of hydrogen-bond donors (Lipinski definition) is 1. The molecular formula is C16H19N5O4. The number of tetrazole rings is 1. The predicted molar refractivity (Wildman–Crippen MR) is 86.6 cm³/mol. The van der Waals surface area contributed by atoms with Gasteiger partial charge in [-0.1, -0.05) is 0 Å². The van der Waals surface area contributed by atoms with E-state index >= 15 is 0 Å². The normalized spacial score (nSPS) is 20.3. The molecule has 0 saturated carbocycles. The first kappa shape index (κ1) is 16.9. The van der Waals surface area contributed by atoms with Gasteiger partial charge in [-0.2, -0.15) is 4.68 Å². The van der Waals surface area contributed by atoms with Crippen LogP contribution in [0, 0.1) is 5.41 Å². The van der Waals surface area contributed by atoms with Gasteiger partial charge in [0.1, 0.15) is 17.8 Å². The Kier molecular flexibility index (Phi) is 4.39. The Labute approximate surface area is 144 Å². The number of methoxy groups -OCH3 is 1. The van der Waals surface area contributed by atoms with Crippen LogP contribution in [-0.2, 0) is 4.79 Å². The number of carbonyl (C=O) groups excluding carboxylic acids is 1. The third-order valence-electron chi connectivity index (χ3n) is 4.52. The summed E-state index contributed by atoms with van der Waals surface area (Å²) in [5.41, 5.74) is 0.0521. The number of aliphatic carboxylic acids is 1. The molecule has 1 saturated heterocycles. The summed E-state index contributed by atoms with van der Waals surface area (Å²) in [4.78, 5) is 25.9. The Morgan fingerprint density at radius 2 is 2.16 bits per heavy atom. The van der Waals surface area contributed by atoms with Gasteiger partial charge in [-0.3, -0.25) is 9.59 Å². The number of carboxylic acids is 1. The molecule has 9 nitrogen and oxygen atoms in total. The number of piperidine rings is 1. The molecule has 1 amide bonds. The molecule has 0 radical (unpaired) electrons. The predicted octanol–water partition coefficient (Wildman–Crippen LogP) is 0.998. The van der Waals surface area contributed by atoms with Crippen LogP contribution in [0.2, 0.25) is 0 Å². The van der Waals surface area contributed by atoms with Crippen LogP contribution in [0.4, 0.5) is 0 Å². The summed E-state index contributed by atoms with van der Waals surface area (Å²) in [5, 5.41) is 20.4. The van der Waals surface area contributed by atoms with Crippen molar-refractivity contribution in [1.82, 2.24) is 25.1 Å². The van der Waals surface area contributed by atoms with Gasteiger partial charge >= 0.3 is 5.97 Å². The molecule has 2 aromatic rings. The van der Waals surface area contributed by atoms with Crippen molar-refractivity contribution in [3.05, 3.63) is 30.1 Å². The molecule has 132 valence electrons. The Morgan fingerprint density at radius 3 is 2.80 bits per heavy atom. The average molecular weight is 345 g/mol. The Balaban J connectivity index is 1.90. The topological polar surface area (TPSA) is 110 Å². The molecule has 0 bridgehead atoms. The van der Waals surface area contributed by atoms with E-state index in [4.69, 9.17) is 4.74 Å². The van der Waals surface area contributed by atoms with Crippen LogP contribution in [0.25, 0.3) is 5.69 Å². The standard InChI is InChI=1S/C16H19N5O4/c1-16(15(23)24)6-3-7-20(9-16)14(22)11-4-5-13(25-2)12(8-11)21-10-17-18-19-21/h4-5,8,10H,3,6-7,9H2,1-2H3,(H,23,24). The van der Waals surface area contributed by atoms with E-state index in [0.29, 0.717) is 36.4 Å². The highest BCUT2D eigenvalue weighted by molar-refractivity contribution is 5.95. The number of rotatable bonds is 4. The lowest BCUT2D eigenvalue weighted by Gasteiger charge is -2.37. The zero-order valence-corrected chi connectivity index (χ0v) is 14.0. The van der Waals surface area contributed by atoms with E-state index in [1.807, 2.05) is 0 Å². The Morgan fingerprint density at radius 1 is 1.36 bits per heavy atom. The van der Waals surface area contributed by atoms with E-state index in [-0.39, 0.29) is 12.5 Å². The molecule has 1 fully saturated rings. The van der Waals surface area contributed by atoms with Gasteiger partial charge in [-0.05, 0) is 48.4 Å². The maximum atomic E-state index is 12.9. The molecule has 2 heterocycles. The molecule has 1 aliphatic rings. The molecule has 3 rings (SSSR count). The number of benzene rings is 1. The van der Waals surface area contributed by atoms with Gasteiger partial charge < -0.3 is 14.7 Å². The fraction of sp³-hybridized carbons (Fsp3) is 0.438. The van der Waals surface area contributed by atoms with Gasteiger partial charge in [0.2, 0.25) is 0 Å². The molecule has 9 heteroatoms. The second-order valence-corrected chi connectivity index (χ2v) is 6.34. The Bertz CT molecular complexity index is 792. The van der Waals surface area contributed by atoms with Crippen molar-refractivity contribution in [2.24, 2.45) is 5.41 Å². The van der Waals surface area contributed by atoms with E-state index in [0.717, 1.165) is 0 Å². The van der Waals surface area contributed by atoms with Crippen molar-refractivity contribution < 1.29 is 19.4 Å². The smallest absolute Gasteiger partial charge is 0.311 e. The molecule has 0 aliphatic carbocycles. The van der Waals surface area contributed by atoms with Crippen molar-refractivity contribution >= 4 is 11.9 Å². The van der Waals surface area contributed by atoms with E-state index in [1.54, 1.807) is 30.0 Å². The minimum Gasteiger partial charge on any atom is -0.494 e. The summed E-state index contributed by atoms with van der Waals surface area (Å²) in [5.74, 6) is -0.573. The molecule has 1 atom stereocenters. The van der Waals surface area contributed by atoms with Crippen molar-refractivity contribution in [3.63, 3.8) is 0 Å². The van der Waals surface area contributed by atoms with Crippen LogP contribution in [-0.4, -0.2) is 62.3 Å². The van der Waals surface area contributed by atoms with E-state index < -0.39 is 11.4 Å². The molecule has 1 N–H and O–H groups in total. The fourth-order valence-corrected chi connectivity index (χ4v) is 3.04. The van der Waals surface area contributed by atoms with Crippen LogP contribution < -0.4 is 4.74 Å². The van der Waals surface area contributed by atoms with Crippen LogP contribution in [0.3, 0.4) is 0 Å². The first-order valence-corrected chi connectivity index (χ1v) is 7.89. The molecular weight excluding hydrogens is 326 g/mol. The zero-order valence-electron chi connectivity index (χ0n) is 14.0. The average Bonchev–Trinajstić information content (AvgIpc) is 3.15. The van der Waals surface area contributed by atoms with Gasteiger partial charge in [-0.15, -0.1) is 5.10 Å². The zero-order chi connectivity index (χ0) is 18.0. The van der Waals surface area contributed by atoms with Crippen LogP contribution in [0.15, 0.2) is 24.5 Å². The van der Waals surface area contributed by atoms with E-state index in [9.17, 15) is 14.7 Å². The van der Waals surface area contributed by atoms with Crippen molar-refractivity contribution in [3.8, 4) is 11.4 Å². The molecule has 1 aromatic carbocycles. The highest BCUT2D eigenvalue weighted by Gasteiger charge is 2.39. The lowest BCUT2D eigenvalue weighted by atomic mass is 9.82. The van der Waals surface area contributed by atoms with Crippen LogP contribution in [0.5, 0.6) is 5.75 Å². The van der Waals surface area contributed by atoms with Crippen molar-refractivity contribution in [2.45, 2.75) is 19.8 Å². The number of nitrogens with zero attached hydrogens (tertiary/aromatic N) is 5. The molecule has 1 unspecified atom stereocenters. The summed E-state index contributed by atoms with van der Waals surface area (Å²) >= 11 is 0. The number of likely N-dealkylation sites (tertiary alicyclic amines) is 1. The number of aromatic nitrogens is 4. The number of carbonyl (C=O) groups is 2. The molecule has 25 heavy (non-hydrogen) atoms. The molecule has 1 aromatic heterocycles. The third kappa shape index (κ3) is 3.17. The molecule has 1 aliphatic heterocycles. The maximum absolute atomic E-state index is 12.9. The van der Waals surface area contributed by atoms with Crippen molar-refractivity contribution in [1.29, 1.82) is 0 Å². The second kappa shape index (κ2) is 6.50. The summed E-state index contributed by atoms with van der Waals surface area (Å²) in [6.07, 6.45) is 2.63. The number of hydrogen-bond acceptors (Lipinski definition) is 6. The first-order chi connectivity index (χ1) is 11.9. The molecule has 0 spiro atoms. The SMILES string of the molecule is COc1ccc(C(=O)N2CCCC(C)(C(=O)O)C2)cc1-n1cnnn1. The quantitative estimate of drug-likeness (QED) is 0.880. The van der Waals surface area contributed by atoms with Gasteiger partial charge in [-0.25, -0.2) is 0 Å². The largest absolute Gasteiger partial charge is 0.494 e. The minimum absolute atomic E-state index is 0.188. The first-order valence-electron chi connectivity index (χ1n) is 7.89. The number of amides is 1. The second-order valence-electron chi connectivity index (χ2n) is 6.34. The Hall–Kier alpha value is -2.97. The van der Waals surface area contributed by atoms with Crippen molar-refractivity contribution in [2.75, 3.05) is 20.2 Å². The third-order valence-corrected chi connectivity index (χ3v) is 4.52.